The lowest BCUT2D eigenvalue weighted by Gasteiger charge is -2.13. The summed E-state index contributed by atoms with van der Waals surface area (Å²) in [5.74, 6) is -1.61. The molecular weight excluding hydrogens is 194 g/mol. The minimum Gasteiger partial charge on any atom is -0.479 e. The van der Waals surface area contributed by atoms with E-state index in [0.29, 0.717) is 5.56 Å². The van der Waals surface area contributed by atoms with Crippen molar-refractivity contribution in [2.24, 2.45) is 0 Å². The lowest BCUT2D eigenvalue weighted by atomic mass is 10.1. The Morgan fingerprint density at radius 1 is 1.33 bits per heavy atom. The van der Waals surface area contributed by atoms with Gasteiger partial charge in [-0.3, -0.25) is 4.79 Å². The van der Waals surface area contributed by atoms with E-state index < -0.39 is 17.9 Å². The van der Waals surface area contributed by atoms with E-state index in [1.165, 1.54) is 0 Å². The van der Waals surface area contributed by atoms with Crippen molar-refractivity contribution in [1.29, 1.82) is 0 Å². The van der Waals surface area contributed by atoms with Crippen LogP contribution in [0.3, 0.4) is 0 Å². The predicted octanol–water partition coefficient (Wildman–Crippen LogP) is 1.11. The smallest absolute Gasteiger partial charge is 0.330 e. The van der Waals surface area contributed by atoms with E-state index >= 15 is 0 Å². The molecule has 1 aromatic carbocycles. The Labute approximate surface area is 87.2 Å². The number of nitrogens with one attached hydrogen (secondary N) is 1. The fourth-order valence-corrected chi connectivity index (χ4v) is 1.13. The number of aliphatic carboxylic acids is 1. The first-order valence-electron chi connectivity index (χ1n) is 4.36. The molecule has 2 N–H and O–H groups in total. The molecule has 0 spiro atoms. The molecule has 1 rings (SSSR count). The van der Waals surface area contributed by atoms with Crippen LogP contribution in [-0.4, -0.2) is 17.0 Å². The van der Waals surface area contributed by atoms with Crippen LogP contribution in [0.25, 0.3) is 0 Å². The Morgan fingerprint density at radius 3 is 2.40 bits per heavy atom. The fourth-order valence-electron chi connectivity index (χ4n) is 1.13. The third-order valence-electron chi connectivity index (χ3n) is 1.85. The van der Waals surface area contributed by atoms with Gasteiger partial charge in [-0.15, -0.1) is 0 Å². The van der Waals surface area contributed by atoms with Gasteiger partial charge in [-0.25, -0.2) is 4.79 Å². The zero-order valence-electron chi connectivity index (χ0n) is 8.01. The largest absolute Gasteiger partial charge is 0.479 e. The number of carboxylic acids is 1. The molecule has 1 aromatic rings. The number of carbonyl (C=O) groups excluding carboxylic acids is 1. The molecule has 78 valence electrons. The van der Waals surface area contributed by atoms with E-state index in [9.17, 15) is 9.59 Å². The molecule has 0 radical (unpaired) electrons. The molecule has 0 bridgehead atoms. The summed E-state index contributed by atoms with van der Waals surface area (Å²) in [5.41, 5.74) is 0.528. The molecule has 1 atom stereocenters. The van der Waals surface area contributed by atoms with Crippen LogP contribution in [0, 0.1) is 0 Å². The van der Waals surface area contributed by atoms with Gasteiger partial charge in [-0.05, 0) is 11.6 Å². The van der Waals surface area contributed by atoms with Crippen molar-refractivity contribution < 1.29 is 14.7 Å². The monoisotopic (exact) mass is 205 g/mol. The first-order chi connectivity index (χ1) is 7.15. The molecule has 4 heteroatoms. The van der Waals surface area contributed by atoms with E-state index in [4.69, 9.17) is 5.11 Å². The highest BCUT2D eigenvalue weighted by Gasteiger charge is 2.20. The maximum Gasteiger partial charge on any atom is 0.330 e. The summed E-state index contributed by atoms with van der Waals surface area (Å²) < 4.78 is 0. The minimum atomic E-state index is -1.10. The Kier molecular flexibility index (Phi) is 3.62. The second kappa shape index (κ2) is 4.95. The maximum atomic E-state index is 11.0. The predicted molar refractivity (Wildman–Crippen MR) is 55.2 cm³/mol. The summed E-state index contributed by atoms with van der Waals surface area (Å²) in [6, 6.07) is 7.45. The topological polar surface area (TPSA) is 66.4 Å². The third-order valence-corrected chi connectivity index (χ3v) is 1.85. The lowest BCUT2D eigenvalue weighted by Crippen LogP contribution is -2.32. The molecule has 0 aliphatic carbocycles. The van der Waals surface area contributed by atoms with Gasteiger partial charge in [0.2, 0.25) is 5.91 Å². The summed E-state index contributed by atoms with van der Waals surface area (Å²) in [7, 11) is 0. The quantitative estimate of drug-likeness (QED) is 0.724. The highest BCUT2D eigenvalue weighted by atomic mass is 16.4. The summed E-state index contributed by atoms with van der Waals surface area (Å²) in [6.07, 6.45) is 1.04. The molecule has 0 saturated carbocycles. The van der Waals surface area contributed by atoms with Gasteiger partial charge in [-0.1, -0.05) is 36.9 Å². The molecule has 0 heterocycles. The van der Waals surface area contributed by atoms with Crippen molar-refractivity contribution >= 4 is 11.9 Å². The standard InChI is InChI=1S/C11H11NO3/c1-2-9(13)12-10(11(14)15)8-6-4-3-5-7-8/h2-7,10H,1H2,(H,12,13)(H,14,15)/t10-/m0/s1. The first-order valence-corrected chi connectivity index (χ1v) is 4.36. The number of benzene rings is 1. The average Bonchev–Trinajstić information content (AvgIpc) is 2.26. The Balaban J connectivity index is 2.89. The van der Waals surface area contributed by atoms with Crippen molar-refractivity contribution in [2.75, 3.05) is 0 Å². The van der Waals surface area contributed by atoms with Gasteiger partial charge in [0, 0.05) is 0 Å². The zero-order valence-corrected chi connectivity index (χ0v) is 8.01. The van der Waals surface area contributed by atoms with Gasteiger partial charge < -0.3 is 10.4 Å². The molecule has 0 aliphatic heterocycles. The highest BCUT2D eigenvalue weighted by molar-refractivity contribution is 5.91. The van der Waals surface area contributed by atoms with Gasteiger partial charge in [0.25, 0.3) is 0 Å². The number of carbonyl (C=O) groups is 2. The van der Waals surface area contributed by atoms with Crippen molar-refractivity contribution in [3.8, 4) is 0 Å². The second-order valence-electron chi connectivity index (χ2n) is 2.89. The van der Waals surface area contributed by atoms with Crippen LogP contribution in [0.15, 0.2) is 43.0 Å². The number of rotatable bonds is 4. The first kappa shape index (κ1) is 11.0. The van der Waals surface area contributed by atoms with Gasteiger partial charge in [0.1, 0.15) is 0 Å². The molecule has 0 saturated heterocycles. The molecule has 0 fully saturated rings. The van der Waals surface area contributed by atoms with Crippen molar-refractivity contribution in [3.63, 3.8) is 0 Å². The molecule has 0 aliphatic rings. The second-order valence-corrected chi connectivity index (χ2v) is 2.89. The van der Waals surface area contributed by atoms with E-state index in [2.05, 4.69) is 11.9 Å². The van der Waals surface area contributed by atoms with E-state index in [0.717, 1.165) is 6.08 Å². The average molecular weight is 205 g/mol. The van der Waals surface area contributed by atoms with Crippen molar-refractivity contribution in [2.45, 2.75) is 6.04 Å². The van der Waals surface area contributed by atoms with Crippen molar-refractivity contribution in [3.05, 3.63) is 48.6 Å². The number of carboxylic acid groups (broad SMARTS) is 1. The van der Waals surface area contributed by atoms with E-state index in [1.54, 1.807) is 30.3 Å². The molecule has 15 heavy (non-hydrogen) atoms. The number of hydrogen-bond acceptors (Lipinski definition) is 2. The van der Waals surface area contributed by atoms with Crippen LogP contribution >= 0.6 is 0 Å². The minimum absolute atomic E-state index is 0.508. The molecule has 1 amide bonds. The zero-order chi connectivity index (χ0) is 11.3. The SMILES string of the molecule is C=CC(=O)N[C@H](C(=O)O)c1ccccc1. The Morgan fingerprint density at radius 2 is 1.93 bits per heavy atom. The van der Waals surface area contributed by atoms with Crippen LogP contribution in [0.2, 0.25) is 0 Å². The number of hydrogen-bond donors (Lipinski definition) is 2. The van der Waals surface area contributed by atoms with Crippen LogP contribution in [0.1, 0.15) is 11.6 Å². The number of amides is 1. The van der Waals surface area contributed by atoms with Gasteiger partial charge in [-0.2, -0.15) is 0 Å². The van der Waals surface area contributed by atoms with Crippen LogP contribution in [0.4, 0.5) is 0 Å². The van der Waals surface area contributed by atoms with Crippen LogP contribution in [-0.2, 0) is 9.59 Å². The summed E-state index contributed by atoms with van der Waals surface area (Å²) in [6.45, 7) is 3.26. The van der Waals surface area contributed by atoms with Crippen molar-refractivity contribution in [1.82, 2.24) is 5.32 Å². The van der Waals surface area contributed by atoms with Crippen LogP contribution < -0.4 is 5.32 Å². The maximum absolute atomic E-state index is 11.0. The van der Waals surface area contributed by atoms with Gasteiger partial charge in [0.05, 0.1) is 0 Å². The molecule has 0 unspecified atom stereocenters. The van der Waals surface area contributed by atoms with E-state index in [1.807, 2.05) is 0 Å². The Bertz CT molecular complexity index is 373. The summed E-state index contributed by atoms with van der Waals surface area (Å²) >= 11 is 0. The normalized spacial score (nSPS) is 11.5. The van der Waals surface area contributed by atoms with E-state index in [-0.39, 0.29) is 0 Å². The molecule has 4 nitrogen and oxygen atoms in total. The summed E-state index contributed by atoms with van der Waals surface area (Å²) in [5, 5.41) is 11.2. The molecule has 0 aromatic heterocycles. The van der Waals surface area contributed by atoms with Gasteiger partial charge in [0.15, 0.2) is 6.04 Å². The lowest BCUT2D eigenvalue weighted by molar-refractivity contribution is -0.141. The van der Waals surface area contributed by atoms with Crippen LogP contribution in [0.5, 0.6) is 0 Å². The summed E-state index contributed by atoms with van der Waals surface area (Å²) in [4.78, 5) is 21.9. The Hall–Kier alpha value is -2.10. The molecular formula is C11H11NO3. The highest BCUT2D eigenvalue weighted by Crippen LogP contribution is 2.12. The third kappa shape index (κ3) is 2.95. The van der Waals surface area contributed by atoms with Gasteiger partial charge >= 0.3 is 5.97 Å². The fraction of sp³-hybridized carbons (Fsp3) is 0.0909.